The Hall–Kier alpha value is -1.78. The van der Waals surface area contributed by atoms with Gasteiger partial charge in [-0.15, -0.1) is 0 Å². The number of ether oxygens (including phenoxy) is 1. The van der Waals surface area contributed by atoms with Crippen molar-refractivity contribution in [3.8, 4) is 11.5 Å². The predicted molar refractivity (Wildman–Crippen MR) is 96.3 cm³/mol. The average molecular weight is 331 g/mol. The van der Waals surface area contributed by atoms with E-state index < -0.39 is 8.56 Å². The van der Waals surface area contributed by atoms with Crippen molar-refractivity contribution in [1.29, 1.82) is 0 Å². The molecule has 0 spiro atoms. The summed E-state index contributed by atoms with van der Waals surface area (Å²) in [5, 5.41) is 0. The van der Waals surface area contributed by atoms with E-state index in [9.17, 15) is 0 Å². The summed E-state index contributed by atoms with van der Waals surface area (Å²) in [7, 11) is -2.37. The van der Waals surface area contributed by atoms with Crippen LogP contribution in [0.25, 0.3) is 0 Å². The fourth-order valence-corrected chi connectivity index (χ4v) is 4.64. The van der Waals surface area contributed by atoms with E-state index in [-0.39, 0.29) is 0 Å². The molecule has 0 aliphatic carbocycles. The highest BCUT2D eigenvalue weighted by Gasteiger charge is 2.35. The summed E-state index contributed by atoms with van der Waals surface area (Å²) in [6.07, 6.45) is 2.00. The molecular formula is C19H26O3Si. The standard InChI is InChI=1S/C19H26O3Si/c1-3-15-20-16-10-17-23(2,21-18-11-6-4-7-12-18)22-19-13-8-5-9-14-19/h4-9,11-14H,3,10,15-17H2,1-2H3. The predicted octanol–water partition coefficient (Wildman–Crippen LogP) is 5.03. The van der Waals surface area contributed by atoms with Crippen molar-refractivity contribution < 1.29 is 13.6 Å². The lowest BCUT2D eigenvalue weighted by Gasteiger charge is -2.28. The number of rotatable bonds is 10. The molecule has 2 aromatic rings. The van der Waals surface area contributed by atoms with E-state index in [0.717, 1.165) is 43.6 Å². The Bertz CT molecular complexity index is 504. The smallest absolute Gasteiger partial charge is 0.457 e. The van der Waals surface area contributed by atoms with Gasteiger partial charge in [0.2, 0.25) is 0 Å². The molecule has 0 amide bonds. The highest BCUT2D eigenvalue weighted by atomic mass is 28.4. The van der Waals surface area contributed by atoms with Gasteiger partial charge in [-0.05, 0) is 37.1 Å². The molecule has 0 bridgehead atoms. The summed E-state index contributed by atoms with van der Waals surface area (Å²) in [6, 6.07) is 20.7. The summed E-state index contributed by atoms with van der Waals surface area (Å²) in [5.41, 5.74) is 0. The third-order valence-corrected chi connectivity index (χ3v) is 6.02. The maximum absolute atomic E-state index is 6.27. The van der Waals surface area contributed by atoms with E-state index in [1.807, 2.05) is 60.7 Å². The minimum atomic E-state index is -2.37. The maximum atomic E-state index is 6.27. The number of benzene rings is 2. The van der Waals surface area contributed by atoms with Crippen LogP contribution in [0.15, 0.2) is 60.7 Å². The first-order valence-corrected chi connectivity index (χ1v) is 10.8. The first kappa shape index (κ1) is 17.6. The Morgan fingerprint density at radius 2 is 1.30 bits per heavy atom. The minimum absolute atomic E-state index is 0.757. The van der Waals surface area contributed by atoms with Crippen LogP contribution in [-0.4, -0.2) is 21.8 Å². The summed E-state index contributed by atoms with van der Waals surface area (Å²) >= 11 is 0. The topological polar surface area (TPSA) is 27.7 Å². The van der Waals surface area contributed by atoms with Crippen molar-refractivity contribution in [3.05, 3.63) is 60.7 Å². The molecule has 0 aromatic heterocycles. The lowest BCUT2D eigenvalue weighted by Crippen LogP contribution is -2.45. The van der Waals surface area contributed by atoms with Gasteiger partial charge in [0.25, 0.3) is 0 Å². The molecule has 0 fully saturated rings. The first-order valence-electron chi connectivity index (χ1n) is 8.28. The summed E-state index contributed by atoms with van der Waals surface area (Å²) in [5.74, 6) is 1.74. The number of para-hydroxylation sites is 2. The van der Waals surface area contributed by atoms with Gasteiger partial charge in [0.1, 0.15) is 11.5 Å². The first-order chi connectivity index (χ1) is 11.2. The normalized spacial score (nSPS) is 11.2. The second-order valence-corrected chi connectivity index (χ2v) is 8.86. The highest BCUT2D eigenvalue weighted by molar-refractivity contribution is 6.67. The molecule has 0 saturated carbocycles. The summed E-state index contributed by atoms with van der Waals surface area (Å²) < 4.78 is 18.1. The van der Waals surface area contributed by atoms with Gasteiger partial charge in [0, 0.05) is 25.8 Å². The Balaban J connectivity index is 2.00. The Kier molecular flexibility index (Phi) is 7.16. The summed E-state index contributed by atoms with van der Waals surface area (Å²) in [6.45, 7) is 5.81. The largest absolute Gasteiger partial charge is 0.512 e. The molecule has 0 atom stereocenters. The van der Waals surface area contributed by atoms with Gasteiger partial charge < -0.3 is 13.6 Å². The highest BCUT2D eigenvalue weighted by Crippen LogP contribution is 2.24. The van der Waals surface area contributed by atoms with E-state index in [2.05, 4.69) is 13.5 Å². The van der Waals surface area contributed by atoms with Crippen molar-refractivity contribution in [1.82, 2.24) is 0 Å². The van der Waals surface area contributed by atoms with Gasteiger partial charge in [0.05, 0.1) is 0 Å². The third kappa shape index (κ3) is 6.46. The number of hydrogen-bond acceptors (Lipinski definition) is 3. The average Bonchev–Trinajstić information content (AvgIpc) is 2.56. The van der Waals surface area contributed by atoms with E-state index in [1.165, 1.54) is 0 Å². The molecule has 0 aliphatic heterocycles. The SMILES string of the molecule is CCCOCCC[Si](C)(Oc1ccccc1)Oc1ccccc1. The number of hydrogen-bond donors (Lipinski definition) is 0. The van der Waals surface area contributed by atoms with Crippen LogP contribution in [0.1, 0.15) is 19.8 Å². The Morgan fingerprint density at radius 3 is 1.78 bits per heavy atom. The quantitative estimate of drug-likeness (QED) is 0.451. The molecule has 2 rings (SSSR count). The third-order valence-electron chi connectivity index (χ3n) is 3.42. The molecule has 0 N–H and O–H groups in total. The second-order valence-electron chi connectivity index (χ2n) is 5.68. The molecule has 0 aliphatic rings. The van der Waals surface area contributed by atoms with E-state index >= 15 is 0 Å². The van der Waals surface area contributed by atoms with Gasteiger partial charge >= 0.3 is 8.56 Å². The molecule has 0 unspecified atom stereocenters. The molecular weight excluding hydrogens is 304 g/mol. The maximum Gasteiger partial charge on any atom is 0.457 e. The van der Waals surface area contributed by atoms with Crippen LogP contribution < -0.4 is 8.85 Å². The van der Waals surface area contributed by atoms with Gasteiger partial charge in [-0.25, -0.2) is 0 Å². The van der Waals surface area contributed by atoms with Crippen molar-refractivity contribution >= 4 is 8.56 Å². The van der Waals surface area contributed by atoms with Crippen molar-refractivity contribution in [3.63, 3.8) is 0 Å². The van der Waals surface area contributed by atoms with Crippen LogP contribution in [0.4, 0.5) is 0 Å². The van der Waals surface area contributed by atoms with Crippen LogP contribution >= 0.6 is 0 Å². The molecule has 124 valence electrons. The van der Waals surface area contributed by atoms with Crippen LogP contribution in [-0.2, 0) is 4.74 Å². The summed E-state index contributed by atoms with van der Waals surface area (Å²) in [4.78, 5) is 0. The monoisotopic (exact) mass is 330 g/mol. The van der Waals surface area contributed by atoms with Crippen molar-refractivity contribution in [2.24, 2.45) is 0 Å². The molecule has 0 saturated heterocycles. The van der Waals surface area contributed by atoms with Gasteiger partial charge in [-0.2, -0.15) is 0 Å². The van der Waals surface area contributed by atoms with E-state index in [4.69, 9.17) is 13.6 Å². The van der Waals surface area contributed by atoms with Crippen molar-refractivity contribution in [2.45, 2.75) is 32.4 Å². The Labute approximate surface area is 140 Å². The minimum Gasteiger partial charge on any atom is -0.512 e. The van der Waals surface area contributed by atoms with E-state index in [0.29, 0.717) is 0 Å². The zero-order valence-corrected chi connectivity index (χ0v) is 15.0. The molecule has 2 aromatic carbocycles. The van der Waals surface area contributed by atoms with Crippen LogP contribution in [0.2, 0.25) is 12.6 Å². The fourth-order valence-electron chi connectivity index (χ4n) is 2.34. The van der Waals surface area contributed by atoms with Gasteiger partial charge in [0.15, 0.2) is 0 Å². The molecule has 0 heterocycles. The van der Waals surface area contributed by atoms with Crippen LogP contribution in [0.3, 0.4) is 0 Å². The van der Waals surface area contributed by atoms with Crippen LogP contribution in [0, 0.1) is 0 Å². The van der Waals surface area contributed by atoms with E-state index in [1.54, 1.807) is 0 Å². The second kappa shape index (κ2) is 9.38. The molecule has 3 nitrogen and oxygen atoms in total. The van der Waals surface area contributed by atoms with Crippen molar-refractivity contribution in [2.75, 3.05) is 13.2 Å². The van der Waals surface area contributed by atoms with Crippen LogP contribution in [0.5, 0.6) is 11.5 Å². The lowest BCUT2D eigenvalue weighted by atomic mass is 10.3. The molecule has 0 radical (unpaired) electrons. The lowest BCUT2D eigenvalue weighted by molar-refractivity contribution is 0.134. The van der Waals surface area contributed by atoms with Gasteiger partial charge in [-0.3, -0.25) is 0 Å². The fraction of sp³-hybridized carbons (Fsp3) is 0.368. The molecule has 23 heavy (non-hydrogen) atoms. The molecule has 4 heteroatoms. The zero-order valence-electron chi connectivity index (χ0n) is 14.0. The zero-order chi connectivity index (χ0) is 16.4. The van der Waals surface area contributed by atoms with Gasteiger partial charge in [-0.1, -0.05) is 43.3 Å². The Morgan fingerprint density at radius 1 is 0.783 bits per heavy atom.